The molecule has 29 heavy (non-hydrogen) atoms. The van der Waals surface area contributed by atoms with Crippen LogP contribution in [0.25, 0.3) is 0 Å². The first kappa shape index (κ1) is 26.7. The molecule has 0 spiro atoms. The fourth-order valence-electron chi connectivity index (χ4n) is 3.53. The third kappa shape index (κ3) is 10.2. The number of hydrogen-bond acceptors (Lipinski definition) is 5. The second-order valence-corrected chi connectivity index (χ2v) is 7.26. The van der Waals surface area contributed by atoms with E-state index in [1.807, 2.05) is 0 Å². The van der Waals surface area contributed by atoms with E-state index < -0.39 is 5.41 Å². The fourth-order valence-corrected chi connectivity index (χ4v) is 3.53. The highest BCUT2D eigenvalue weighted by Gasteiger charge is 2.49. The van der Waals surface area contributed by atoms with Crippen LogP contribution in [0.1, 0.15) is 45.4 Å². The third-order valence-corrected chi connectivity index (χ3v) is 5.43. The largest absolute Gasteiger partial charge is 0.502 e. The van der Waals surface area contributed by atoms with Gasteiger partial charge in [0.2, 0.25) is 0 Å². The van der Waals surface area contributed by atoms with E-state index >= 15 is 0 Å². The van der Waals surface area contributed by atoms with Crippen molar-refractivity contribution >= 4 is 0 Å². The maximum Gasteiger partial charge on any atom is 0.1000 e. The summed E-state index contributed by atoms with van der Waals surface area (Å²) in [5, 5.41) is 0. The van der Waals surface area contributed by atoms with Crippen molar-refractivity contribution in [3.8, 4) is 0 Å². The van der Waals surface area contributed by atoms with E-state index in [2.05, 4.69) is 39.8 Å². The van der Waals surface area contributed by atoms with Crippen LogP contribution in [0.4, 0.5) is 0 Å². The van der Waals surface area contributed by atoms with Crippen molar-refractivity contribution in [2.45, 2.75) is 45.4 Å². The molecule has 5 heteroatoms. The van der Waals surface area contributed by atoms with Gasteiger partial charge in [-0.2, -0.15) is 0 Å². The van der Waals surface area contributed by atoms with Gasteiger partial charge in [-0.3, -0.25) is 0 Å². The molecule has 0 aromatic carbocycles. The smallest absolute Gasteiger partial charge is 0.1000 e. The number of hydrogen-bond donors (Lipinski definition) is 0. The van der Waals surface area contributed by atoms with Gasteiger partial charge in [0.1, 0.15) is 0 Å². The molecule has 0 fully saturated rings. The molecule has 166 valence electrons. The van der Waals surface area contributed by atoms with Gasteiger partial charge in [-0.25, -0.2) is 0 Å². The lowest BCUT2D eigenvalue weighted by atomic mass is 9.60. The molecule has 0 rings (SSSR count). The molecule has 0 amide bonds. The Balaban J connectivity index is 5.53. The zero-order valence-electron chi connectivity index (χ0n) is 18.2. The quantitative estimate of drug-likeness (QED) is 0.159. The molecule has 0 saturated carbocycles. The minimum Gasteiger partial charge on any atom is -0.502 e. The van der Waals surface area contributed by atoms with Gasteiger partial charge in [0.15, 0.2) is 0 Å². The third-order valence-electron chi connectivity index (χ3n) is 5.43. The molecular formula is C24H40O5. The summed E-state index contributed by atoms with van der Waals surface area (Å²) in [6.07, 6.45) is 13.2. The highest BCUT2D eigenvalue weighted by molar-refractivity contribution is 4.97. The molecule has 0 aliphatic heterocycles. The van der Waals surface area contributed by atoms with Gasteiger partial charge in [0.05, 0.1) is 69.8 Å². The van der Waals surface area contributed by atoms with Gasteiger partial charge in [-0.1, -0.05) is 39.8 Å². The molecule has 0 unspecified atom stereocenters. The summed E-state index contributed by atoms with van der Waals surface area (Å²) in [6, 6.07) is 0. The van der Waals surface area contributed by atoms with E-state index in [0.29, 0.717) is 33.0 Å². The zero-order chi connectivity index (χ0) is 21.8. The second kappa shape index (κ2) is 16.6. The van der Waals surface area contributed by atoms with Crippen molar-refractivity contribution in [2.75, 3.05) is 33.0 Å². The minimum atomic E-state index is -0.401. The highest BCUT2D eigenvalue weighted by Crippen LogP contribution is 2.48. The zero-order valence-corrected chi connectivity index (χ0v) is 18.2. The van der Waals surface area contributed by atoms with Crippen molar-refractivity contribution in [3.63, 3.8) is 0 Å². The monoisotopic (exact) mass is 408 g/mol. The Kier molecular flexibility index (Phi) is 15.3. The molecule has 0 atom stereocenters. The summed E-state index contributed by atoms with van der Waals surface area (Å²) in [4.78, 5) is 0. The maximum atomic E-state index is 5.69. The molecule has 0 aromatic heterocycles. The molecule has 0 aliphatic carbocycles. The molecule has 0 radical (unpaired) electrons. The summed E-state index contributed by atoms with van der Waals surface area (Å²) in [6.45, 7) is 23.2. The first-order chi connectivity index (χ1) is 14.1. The van der Waals surface area contributed by atoms with Gasteiger partial charge in [0, 0.05) is 0 Å². The van der Waals surface area contributed by atoms with E-state index in [4.69, 9.17) is 23.7 Å². The summed E-state index contributed by atoms with van der Waals surface area (Å²) in [5.41, 5.74) is -0.521. The summed E-state index contributed by atoms with van der Waals surface area (Å²) in [5.74, 6) is 0. The van der Waals surface area contributed by atoms with Crippen LogP contribution in [0.3, 0.4) is 0 Å². The van der Waals surface area contributed by atoms with Crippen LogP contribution in [0.15, 0.2) is 64.2 Å². The summed E-state index contributed by atoms with van der Waals surface area (Å²) in [7, 11) is 0. The van der Waals surface area contributed by atoms with Gasteiger partial charge in [-0.15, -0.1) is 0 Å². The first-order valence-electron chi connectivity index (χ1n) is 10.2. The first-order valence-corrected chi connectivity index (χ1v) is 10.2. The van der Waals surface area contributed by atoms with Crippen molar-refractivity contribution in [1.82, 2.24) is 0 Å². The molecule has 0 aromatic rings. The van der Waals surface area contributed by atoms with E-state index in [0.717, 1.165) is 38.5 Å². The van der Waals surface area contributed by atoms with Crippen LogP contribution >= 0.6 is 0 Å². The fraction of sp³-hybridized carbons (Fsp3) is 0.583. The van der Waals surface area contributed by atoms with Gasteiger partial charge < -0.3 is 23.7 Å². The van der Waals surface area contributed by atoms with Crippen LogP contribution in [-0.2, 0) is 23.7 Å². The Labute approximate surface area is 177 Å². The SMILES string of the molecule is C=COCCCCC(C)(CCCCOC=C)C(COC=C)(COC=C)COC=C. The van der Waals surface area contributed by atoms with Gasteiger partial charge >= 0.3 is 0 Å². The second-order valence-electron chi connectivity index (χ2n) is 7.26. The Morgan fingerprint density at radius 2 is 0.897 bits per heavy atom. The standard InChI is InChI=1S/C24H40O5/c1-7-25-18-14-12-16-23(6,17-13-15-19-26-8-2)24(20-27-9-3,21-28-10-4)22-29-11-5/h7-11H,1-5,12-22H2,6H3. The van der Waals surface area contributed by atoms with Crippen LogP contribution in [-0.4, -0.2) is 33.0 Å². The predicted octanol–water partition coefficient (Wildman–Crippen LogP) is 6.12. The van der Waals surface area contributed by atoms with Crippen molar-refractivity contribution in [2.24, 2.45) is 10.8 Å². The lowest BCUT2D eigenvalue weighted by molar-refractivity contribution is -0.103. The molecule has 0 bridgehead atoms. The van der Waals surface area contributed by atoms with Crippen molar-refractivity contribution in [1.29, 1.82) is 0 Å². The predicted molar refractivity (Wildman–Crippen MR) is 119 cm³/mol. The average Bonchev–Trinajstić information content (AvgIpc) is 2.73. The van der Waals surface area contributed by atoms with E-state index in [9.17, 15) is 0 Å². The molecule has 0 heterocycles. The normalized spacial score (nSPS) is 11.1. The topological polar surface area (TPSA) is 46.2 Å². The highest BCUT2D eigenvalue weighted by atomic mass is 16.5. The maximum absolute atomic E-state index is 5.69. The lowest BCUT2D eigenvalue weighted by Gasteiger charge is -2.48. The van der Waals surface area contributed by atoms with Crippen molar-refractivity contribution in [3.05, 3.63) is 64.2 Å². The summed E-state index contributed by atoms with van der Waals surface area (Å²) >= 11 is 0. The van der Waals surface area contributed by atoms with E-state index in [1.54, 1.807) is 0 Å². The van der Waals surface area contributed by atoms with Crippen LogP contribution in [0.2, 0.25) is 0 Å². The lowest BCUT2D eigenvalue weighted by Crippen LogP contribution is -2.50. The number of ether oxygens (including phenoxy) is 5. The molecular weight excluding hydrogens is 368 g/mol. The number of rotatable bonds is 22. The Morgan fingerprint density at radius 1 is 0.552 bits per heavy atom. The van der Waals surface area contributed by atoms with Crippen LogP contribution in [0.5, 0.6) is 0 Å². The van der Waals surface area contributed by atoms with Crippen LogP contribution in [0, 0.1) is 10.8 Å². The van der Waals surface area contributed by atoms with Crippen molar-refractivity contribution < 1.29 is 23.7 Å². The molecule has 0 aliphatic rings. The van der Waals surface area contributed by atoms with Crippen LogP contribution < -0.4 is 0 Å². The Morgan fingerprint density at radius 3 is 1.21 bits per heavy atom. The Hall–Kier alpha value is -2.30. The number of unbranched alkanes of at least 4 members (excludes halogenated alkanes) is 2. The average molecular weight is 409 g/mol. The molecule has 0 N–H and O–H groups in total. The van der Waals surface area contributed by atoms with E-state index in [1.165, 1.54) is 31.3 Å². The molecule has 0 saturated heterocycles. The summed E-state index contributed by atoms with van der Waals surface area (Å²) < 4.78 is 27.6. The van der Waals surface area contributed by atoms with Gasteiger partial charge in [0.25, 0.3) is 0 Å². The molecule has 5 nitrogen and oxygen atoms in total. The van der Waals surface area contributed by atoms with Gasteiger partial charge in [-0.05, 0) is 43.9 Å². The minimum absolute atomic E-state index is 0.121. The van der Waals surface area contributed by atoms with E-state index in [-0.39, 0.29) is 5.41 Å². The Bertz CT molecular complexity index is 423.